The molecular weight excluding hydrogens is 514 g/mol. The maximum Gasteiger partial charge on any atom is 2.00 e. The third kappa shape index (κ3) is 7.94. The zero-order chi connectivity index (χ0) is 25.0. The minimum Gasteiger partial charge on any atom is -0.872 e. The largest absolute Gasteiger partial charge is 2.00 e. The van der Waals surface area contributed by atoms with E-state index in [0.29, 0.717) is 16.6 Å². The Morgan fingerprint density at radius 3 is 1.72 bits per heavy atom. The van der Waals surface area contributed by atoms with Gasteiger partial charge in [0.15, 0.2) is 0 Å². The number of H-pyrrole nitrogens is 1. The van der Waals surface area contributed by atoms with Crippen molar-refractivity contribution in [1.82, 2.24) is 9.97 Å². The summed E-state index contributed by atoms with van der Waals surface area (Å²) in [5.41, 5.74) is 1.76. The molecule has 5 aromatic rings. The van der Waals surface area contributed by atoms with E-state index in [-0.39, 0.29) is 17.1 Å². The Morgan fingerprint density at radius 1 is 0.694 bits per heavy atom. The maximum atomic E-state index is 12.0. The zero-order valence-electron chi connectivity index (χ0n) is 18.5. The summed E-state index contributed by atoms with van der Waals surface area (Å²) in [6, 6.07) is 27.6. The van der Waals surface area contributed by atoms with Crippen LogP contribution >= 0.6 is 0 Å². The van der Waals surface area contributed by atoms with Crippen molar-refractivity contribution in [2.75, 3.05) is 5.32 Å². The van der Waals surface area contributed by atoms with E-state index in [1.807, 2.05) is 60.7 Å². The van der Waals surface area contributed by atoms with Gasteiger partial charge in [0, 0.05) is 29.4 Å². The van der Waals surface area contributed by atoms with Crippen LogP contribution in [0.1, 0.15) is 0 Å². The van der Waals surface area contributed by atoms with Crippen LogP contribution < -0.4 is 20.5 Å². The van der Waals surface area contributed by atoms with Crippen LogP contribution in [0.4, 0.5) is 11.6 Å². The molecule has 0 aliphatic rings. The van der Waals surface area contributed by atoms with Crippen molar-refractivity contribution in [3.05, 3.63) is 119 Å². The summed E-state index contributed by atoms with van der Waals surface area (Å²) in [6.45, 7) is 0. The number of anilines is 2. The Balaban J connectivity index is 0.000000224. The van der Waals surface area contributed by atoms with E-state index >= 15 is 0 Å². The van der Waals surface area contributed by atoms with E-state index in [4.69, 9.17) is 15.3 Å². The molecule has 0 saturated heterocycles. The van der Waals surface area contributed by atoms with E-state index in [1.54, 1.807) is 42.7 Å². The minimum absolute atomic E-state index is 0. The molecule has 0 saturated carbocycles. The number of benzene rings is 2. The summed E-state index contributed by atoms with van der Waals surface area (Å²) in [4.78, 5) is 19.5. The second-order valence-electron chi connectivity index (χ2n) is 6.85. The molecule has 11 heteroatoms. The minimum atomic E-state index is -1.75. The molecule has 3 aromatic heterocycles. The molecule has 0 fully saturated rings. The number of aromatic nitrogens is 3. The van der Waals surface area contributed by atoms with Crippen LogP contribution in [0.5, 0.6) is 11.5 Å². The molecule has 185 valence electrons. The average Bonchev–Trinajstić information content (AvgIpc) is 2.88. The Kier molecular flexibility index (Phi) is 10.6. The van der Waals surface area contributed by atoms with E-state index < -0.39 is 16.6 Å². The van der Waals surface area contributed by atoms with Gasteiger partial charge in [-0.15, -0.1) is 0 Å². The summed E-state index contributed by atoms with van der Waals surface area (Å²) < 4.78 is 0. The molecule has 3 heterocycles. The summed E-state index contributed by atoms with van der Waals surface area (Å²) in [6.07, 6.45) is 3.48. The number of nitrogens with one attached hydrogen (secondary N) is 2. The number of fused-ring (bicyclic) bond motifs is 1. The molecule has 0 spiro atoms. The van der Waals surface area contributed by atoms with E-state index in [1.165, 1.54) is 0 Å². The van der Waals surface area contributed by atoms with Gasteiger partial charge < -0.3 is 30.9 Å². The number of nitrogens with zero attached hydrogens (tertiary/aromatic N) is 3. The fraction of sp³-hybridized carbons (Fsp3) is 0. The predicted molar refractivity (Wildman–Crippen MR) is 127 cm³/mol. The molecule has 0 amide bonds. The molecular formula is C25H19CuN5O5. The van der Waals surface area contributed by atoms with Gasteiger partial charge in [0.25, 0.3) is 0 Å². The van der Waals surface area contributed by atoms with Gasteiger partial charge in [-0.3, -0.25) is 0 Å². The molecule has 36 heavy (non-hydrogen) atoms. The van der Waals surface area contributed by atoms with Crippen LogP contribution in [-0.2, 0) is 17.1 Å². The second-order valence-corrected chi connectivity index (χ2v) is 6.85. The molecule has 10 nitrogen and oxygen atoms in total. The third-order valence-electron chi connectivity index (χ3n) is 4.51. The van der Waals surface area contributed by atoms with Gasteiger partial charge in [-0.2, -0.15) is 0 Å². The molecule has 0 unspecified atom stereocenters. The number of hydrogen-bond donors (Lipinski definition) is 1. The van der Waals surface area contributed by atoms with Gasteiger partial charge in [-0.25, -0.2) is 15.0 Å². The Hall–Kier alpha value is -4.73. The molecule has 1 radical (unpaired) electrons. The molecule has 0 bridgehead atoms. The van der Waals surface area contributed by atoms with Crippen LogP contribution in [0.3, 0.4) is 0 Å². The number of pyridine rings is 3. The van der Waals surface area contributed by atoms with Crippen LogP contribution in [-0.4, -0.2) is 15.1 Å². The first-order valence-electron chi connectivity index (χ1n) is 10.2. The van der Waals surface area contributed by atoms with Crippen LogP contribution in [0.25, 0.3) is 22.2 Å². The fourth-order valence-corrected chi connectivity index (χ4v) is 3.03. The van der Waals surface area contributed by atoms with Gasteiger partial charge in [0.2, 0.25) is 11.2 Å². The zero-order valence-corrected chi connectivity index (χ0v) is 19.4. The van der Waals surface area contributed by atoms with Crippen molar-refractivity contribution in [1.29, 1.82) is 0 Å². The van der Waals surface area contributed by atoms with Crippen LogP contribution in [0, 0.1) is 15.3 Å². The number of para-hydroxylation sites is 1. The summed E-state index contributed by atoms with van der Waals surface area (Å²) in [7, 11) is 0. The van der Waals surface area contributed by atoms with E-state index in [2.05, 4.69) is 20.3 Å². The predicted octanol–water partition coefficient (Wildman–Crippen LogP) is 3.45. The summed E-state index contributed by atoms with van der Waals surface area (Å²) in [5.74, 6) is 0.672. The molecule has 0 aliphatic carbocycles. The van der Waals surface area contributed by atoms with Crippen molar-refractivity contribution in [3.63, 3.8) is 0 Å². The van der Waals surface area contributed by atoms with Gasteiger partial charge >= 0.3 is 17.1 Å². The Labute approximate surface area is 216 Å². The first-order valence-corrected chi connectivity index (χ1v) is 10.2. The van der Waals surface area contributed by atoms with Gasteiger partial charge in [0.05, 0.1) is 5.09 Å². The Morgan fingerprint density at radius 2 is 1.19 bits per heavy atom. The smallest absolute Gasteiger partial charge is 0.872 e. The molecule has 2 aromatic carbocycles. The van der Waals surface area contributed by atoms with E-state index in [0.717, 1.165) is 17.2 Å². The number of hydrogen-bond acceptors (Lipinski definition) is 8. The first kappa shape index (κ1) is 27.5. The van der Waals surface area contributed by atoms with Gasteiger partial charge in [0.1, 0.15) is 11.6 Å². The van der Waals surface area contributed by atoms with Crippen LogP contribution in [0.15, 0.2) is 103 Å². The van der Waals surface area contributed by atoms with Crippen molar-refractivity contribution < 1.29 is 37.4 Å². The molecule has 2 N–H and O–H groups in total. The van der Waals surface area contributed by atoms with Crippen molar-refractivity contribution >= 4 is 22.5 Å². The Bertz CT molecular complexity index is 1340. The monoisotopic (exact) mass is 532 g/mol. The molecule has 5 rings (SSSR count). The summed E-state index contributed by atoms with van der Waals surface area (Å²) >= 11 is 0. The summed E-state index contributed by atoms with van der Waals surface area (Å²) in [5, 5.41) is 42.3. The molecule has 0 aliphatic heterocycles. The van der Waals surface area contributed by atoms with Crippen molar-refractivity contribution in [2.45, 2.75) is 0 Å². The SMILES string of the molecule is O=[N+]([O-])[O-].[Cu+2].[O-]c1c(-c2ccccc2)[nH+]c2ccccc2c1[O-].c1ccc(Nc2ccccn2)nc1. The first-order chi connectivity index (χ1) is 17.0. The van der Waals surface area contributed by atoms with Gasteiger partial charge in [-0.05, 0) is 48.2 Å². The number of rotatable bonds is 3. The molecule has 0 atom stereocenters. The average molecular weight is 533 g/mol. The normalized spacial score (nSPS) is 9.44. The second kappa shape index (κ2) is 13.9. The third-order valence-corrected chi connectivity index (χ3v) is 4.51. The van der Waals surface area contributed by atoms with Crippen LogP contribution in [0.2, 0.25) is 0 Å². The van der Waals surface area contributed by atoms with Crippen molar-refractivity contribution in [3.8, 4) is 22.8 Å². The fourth-order valence-electron chi connectivity index (χ4n) is 3.03. The van der Waals surface area contributed by atoms with E-state index in [9.17, 15) is 10.2 Å². The standard InChI is InChI=1S/C15H11NO2.C10H9N3.Cu.NO3/c17-14-11-8-4-5-9-12(11)16-13(15(14)18)10-6-2-1-3-7-10;1-3-7-11-9(5-1)13-10-6-2-4-8-12-10;;2-1(3)4/h1-9,18H,(H,16,17);1-8H,(H,11,12,13);;/q;;+2;-1/p-1. The maximum absolute atomic E-state index is 12.0. The quantitative estimate of drug-likeness (QED) is 0.209. The number of aromatic amines is 1. The van der Waals surface area contributed by atoms with Gasteiger partial charge in [-0.1, -0.05) is 48.2 Å². The van der Waals surface area contributed by atoms with Crippen molar-refractivity contribution in [2.24, 2.45) is 0 Å². The topological polar surface area (TPSA) is 164 Å².